The van der Waals surface area contributed by atoms with E-state index in [-0.39, 0.29) is 0 Å². The summed E-state index contributed by atoms with van der Waals surface area (Å²) < 4.78 is 6.12. The monoisotopic (exact) mass is 383 g/mol. The van der Waals surface area contributed by atoms with Crippen molar-refractivity contribution in [2.45, 2.75) is 6.10 Å². The van der Waals surface area contributed by atoms with Gasteiger partial charge in [-0.1, -0.05) is 58.4 Å². The molecule has 0 aliphatic rings. The van der Waals surface area contributed by atoms with Crippen molar-refractivity contribution in [2.75, 3.05) is 0 Å². The van der Waals surface area contributed by atoms with Crippen molar-refractivity contribution in [1.29, 1.82) is 0 Å². The molecule has 0 spiro atoms. The molecule has 0 aromatic heterocycles. The van der Waals surface area contributed by atoms with E-state index < -0.39 is 18.0 Å². The molecule has 0 heterocycles. The summed E-state index contributed by atoms with van der Waals surface area (Å²) in [6.45, 7) is 0. The fourth-order valence-electron chi connectivity index (χ4n) is 2.45. The number of carbonyl (C=O) groups is 2. The average molecular weight is 384 g/mol. The van der Waals surface area contributed by atoms with Crippen LogP contribution in [0.3, 0.4) is 0 Å². The lowest BCUT2D eigenvalue weighted by molar-refractivity contribution is -0.127. The van der Waals surface area contributed by atoms with E-state index in [1.54, 1.807) is 30.3 Å². The summed E-state index contributed by atoms with van der Waals surface area (Å²) >= 11 is 3.33. The van der Waals surface area contributed by atoms with Gasteiger partial charge in [0.1, 0.15) is 0 Å². The van der Waals surface area contributed by atoms with Crippen LogP contribution in [0.2, 0.25) is 0 Å². The summed E-state index contributed by atoms with van der Waals surface area (Å²) in [5, 5.41) is 1.94. The smallest absolute Gasteiger partial charge is 0.339 e. The van der Waals surface area contributed by atoms with Gasteiger partial charge in [-0.3, -0.25) is 4.79 Å². The summed E-state index contributed by atoms with van der Waals surface area (Å²) in [6, 6.07) is 19.9. The number of hydrogen-bond acceptors (Lipinski definition) is 3. The first kappa shape index (κ1) is 16.2. The Morgan fingerprint density at radius 1 is 0.917 bits per heavy atom. The predicted molar refractivity (Wildman–Crippen MR) is 95.4 cm³/mol. The van der Waals surface area contributed by atoms with Crippen LogP contribution in [0.4, 0.5) is 0 Å². The minimum atomic E-state index is -1.14. The highest BCUT2D eigenvalue weighted by Gasteiger charge is 2.23. The Morgan fingerprint density at radius 3 is 2.38 bits per heavy atom. The predicted octanol–water partition coefficient (Wildman–Crippen LogP) is 3.99. The van der Waals surface area contributed by atoms with Gasteiger partial charge in [0, 0.05) is 10.0 Å². The zero-order valence-electron chi connectivity index (χ0n) is 12.6. The minimum Gasteiger partial charge on any atom is -0.444 e. The van der Waals surface area contributed by atoms with Crippen molar-refractivity contribution in [1.82, 2.24) is 0 Å². The number of amides is 1. The van der Waals surface area contributed by atoms with Crippen molar-refractivity contribution in [3.8, 4) is 0 Å². The molecule has 0 aliphatic heterocycles. The number of benzene rings is 3. The van der Waals surface area contributed by atoms with Crippen LogP contribution < -0.4 is 5.73 Å². The van der Waals surface area contributed by atoms with Gasteiger partial charge >= 0.3 is 5.97 Å². The van der Waals surface area contributed by atoms with E-state index >= 15 is 0 Å². The minimum absolute atomic E-state index is 0.370. The first-order valence-corrected chi connectivity index (χ1v) is 8.08. The van der Waals surface area contributed by atoms with E-state index in [2.05, 4.69) is 15.9 Å². The highest BCUT2D eigenvalue weighted by molar-refractivity contribution is 9.10. The lowest BCUT2D eigenvalue weighted by Crippen LogP contribution is -2.26. The molecule has 2 N–H and O–H groups in total. The number of carbonyl (C=O) groups excluding carboxylic acids is 2. The van der Waals surface area contributed by atoms with Crippen LogP contribution in [0, 0.1) is 0 Å². The Balaban J connectivity index is 1.88. The number of primary amides is 1. The quantitative estimate of drug-likeness (QED) is 0.692. The molecule has 0 aliphatic carbocycles. The average Bonchev–Trinajstić information content (AvgIpc) is 2.58. The SMILES string of the molecule is NC(=O)C(OC(=O)c1ccc2ccccc2c1)c1cccc(Br)c1. The molecule has 0 bridgehead atoms. The maximum absolute atomic E-state index is 12.4. The third-order valence-electron chi connectivity index (χ3n) is 3.62. The number of rotatable bonds is 4. The lowest BCUT2D eigenvalue weighted by Gasteiger charge is -2.15. The van der Waals surface area contributed by atoms with E-state index in [1.807, 2.05) is 36.4 Å². The Hall–Kier alpha value is -2.66. The molecule has 1 unspecified atom stereocenters. The second kappa shape index (κ2) is 6.84. The number of fused-ring (bicyclic) bond motifs is 1. The first-order chi connectivity index (χ1) is 11.5. The number of nitrogens with two attached hydrogens (primary N) is 1. The van der Waals surface area contributed by atoms with Crippen molar-refractivity contribution in [2.24, 2.45) is 5.73 Å². The summed E-state index contributed by atoms with van der Waals surface area (Å²) in [5.41, 5.74) is 6.29. The Kier molecular flexibility index (Phi) is 4.62. The van der Waals surface area contributed by atoms with E-state index in [9.17, 15) is 9.59 Å². The second-order valence-corrected chi connectivity index (χ2v) is 6.22. The summed E-state index contributed by atoms with van der Waals surface area (Å²) in [4.78, 5) is 24.1. The van der Waals surface area contributed by atoms with Crippen LogP contribution in [0.5, 0.6) is 0 Å². The number of ether oxygens (including phenoxy) is 1. The van der Waals surface area contributed by atoms with Gasteiger partial charge in [-0.25, -0.2) is 4.79 Å². The van der Waals surface area contributed by atoms with Crippen LogP contribution in [-0.2, 0) is 9.53 Å². The molecule has 0 saturated carbocycles. The normalized spacial score (nSPS) is 11.9. The third-order valence-corrected chi connectivity index (χ3v) is 4.11. The highest BCUT2D eigenvalue weighted by Crippen LogP contribution is 2.23. The molecule has 1 atom stereocenters. The van der Waals surface area contributed by atoms with Crippen molar-refractivity contribution >= 4 is 38.6 Å². The lowest BCUT2D eigenvalue weighted by atomic mass is 10.1. The largest absolute Gasteiger partial charge is 0.444 e. The number of halogens is 1. The molecule has 3 aromatic rings. The Morgan fingerprint density at radius 2 is 1.67 bits per heavy atom. The maximum Gasteiger partial charge on any atom is 0.339 e. The summed E-state index contributed by atoms with van der Waals surface area (Å²) in [7, 11) is 0. The van der Waals surface area contributed by atoms with Crippen molar-refractivity contribution in [3.05, 3.63) is 82.3 Å². The molecule has 3 aromatic carbocycles. The molecule has 120 valence electrons. The molecule has 24 heavy (non-hydrogen) atoms. The molecule has 0 saturated heterocycles. The van der Waals surface area contributed by atoms with E-state index in [1.165, 1.54) is 0 Å². The second-order valence-electron chi connectivity index (χ2n) is 5.30. The maximum atomic E-state index is 12.4. The summed E-state index contributed by atoms with van der Waals surface area (Å²) in [5.74, 6) is -1.31. The standard InChI is InChI=1S/C19H14BrNO3/c20-16-7-3-6-14(11-16)17(18(21)22)24-19(23)15-9-8-12-4-1-2-5-13(12)10-15/h1-11,17H,(H2,21,22). The van der Waals surface area contributed by atoms with Crippen LogP contribution in [0.1, 0.15) is 22.0 Å². The molecule has 1 amide bonds. The molecule has 0 radical (unpaired) electrons. The van der Waals surface area contributed by atoms with Gasteiger partial charge in [0.2, 0.25) is 6.10 Å². The number of hydrogen-bond donors (Lipinski definition) is 1. The van der Waals surface area contributed by atoms with Crippen molar-refractivity contribution < 1.29 is 14.3 Å². The zero-order valence-corrected chi connectivity index (χ0v) is 14.2. The van der Waals surface area contributed by atoms with Gasteiger partial charge < -0.3 is 10.5 Å². The topological polar surface area (TPSA) is 69.4 Å². The molecule has 3 rings (SSSR count). The van der Waals surface area contributed by atoms with Gasteiger partial charge in [-0.15, -0.1) is 0 Å². The van der Waals surface area contributed by atoms with Crippen LogP contribution >= 0.6 is 15.9 Å². The fourth-order valence-corrected chi connectivity index (χ4v) is 2.87. The summed E-state index contributed by atoms with van der Waals surface area (Å²) in [6.07, 6.45) is -1.14. The van der Waals surface area contributed by atoms with Crippen LogP contribution in [-0.4, -0.2) is 11.9 Å². The van der Waals surface area contributed by atoms with E-state index in [0.29, 0.717) is 11.1 Å². The Bertz CT molecular complexity index is 923. The van der Waals surface area contributed by atoms with Gasteiger partial charge in [-0.05, 0) is 35.0 Å². The van der Waals surface area contributed by atoms with E-state index in [4.69, 9.17) is 10.5 Å². The first-order valence-electron chi connectivity index (χ1n) is 7.29. The van der Waals surface area contributed by atoms with E-state index in [0.717, 1.165) is 15.2 Å². The highest BCUT2D eigenvalue weighted by atomic mass is 79.9. The molecule has 0 fully saturated rings. The Labute approximate surface area is 147 Å². The van der Waals surface area contributed by atoms with Crippen LogP contribution in [0.25, 0.3) is 10.8 Å². The van der Waals surface area contributed by atoms with Gasteiger partial charge in [-0.2, -0.15) is 0 Å². The van der Waals surface area contributed by atoms with Crippen molar-refractivity contribution in [3.63, 3.8) is 0 Å². The fraction of sp³-hybridized carbons (Fsp3) is 0.0526. The number of esters is 1. The van der Waals surface area contributed by atoms with Gasteiger partial charge in [0.05, 0.1) is 5.56 Å². The van der Waals surface area contributed by atoms with Crippen LogP contribution in [0.15, 0.2) is 71.2 Å². The molecular formula is C19H14BrNO3. The zero-order chi connectivity index (χ0) is 17.1. The molecule has 5 heteroatoms. The van der Waals surface area contributed by atoms with Gasteiger partial charge in [0.15, 0.2) is 0 Å². The third kappa shape index (κ3) is 3.46. The van der Waals surface area contributed by atoms with Gasteiger partial charge in [0.25, 0.3) is 5.91 Å². The molecule has 4 nitrogen and oxygen atoms in total. The molecular weight excluding hydrogens is 370 g/mol.